The third-order valence-electron chi connectivity index (χ3n) is 8.87. The van der Waals surface area contributed by atoms with Crippen molar-refractivity contribution in [1.82, 2.24) is 0 Å². The number of hydrogen-bond donors (Lipinski definition) is 0. The van der Waals surface area contributed by atoms with E-state index in [1.807, 2.05) is 19.9 Å². The van der Waals surface area contributed by atoms with Crippen LogP contribution < -0.4 is 10.4 Å². The summed E-state index contributed by atoms with van der Waals surface area (Å²) in [6.07, 6.45) is 6.55. The summed E-state index contributed by atoms with van der Waals surface area (Å²) in [5, 5.41) is 2.41. The summed E-state index contributed by atoms with van der Waals surface area (Å²) in [7, 11) is -1.06. The Morgan fingerprint density at radius 1 is 1.00 bits per heavy atom. The van der Waals surface area contributed by atoms with Crippen LogP contribution in [0.25, 0.3) is 0 Å². The van der Waals surface area contributed by atoms with Crippen molar-refractivity contribution in [1.29, 1.82) is 0 Å². The van der Waals surface area contributed by atoms with Gasteiger partial charge in [0, 0.05) is 25.5 Å². The zero-order valence-electron chi connectivity index (χ0n) is 29.6. The van der Waals surface area contributed by atoms with Crippen molar-refractivity contribution in [3.63, 3.8) is 0 Å². The highest BCUT2D eigenvalue weighted by Crippen LogP contribution is 2.38. The van der Waals surface area contributed by atoms with Crippen molar-refractivity contribution in [2.45, 2.75) is 110 Å². The molecule has 8 heteroatoms. The van der Waals surface area contributed by atoms with E-state index < -0.39 is 14.1 Å². The van der Waals surface area contributed by atoms with E-state index >= 15 is 0 Å². The van der Waals surface area contributed by atoms with E-state index in [-0.39, 0.29) is 47.9 Å². The minimum Gasteiger partial charge on any atom is -0.463 e. The average Bonchev–Trinajstić information content (AvgIpc) is 3.01. The van der Waals surface area contributed by atoms with Gasteiger partial charge in [-0.15, -0.1) is 0 Å². The van der Waals surface area contributed by atoms with Crippen LogP contribution in [-0.2, 0) is 32.9 Å². The number of rotatable bonds is 17. The maximum atomic E-state index is 12.0. The van der Waals surface area contributed by atoms with Crippen molar-refractivity contribution >= 4 is 24.7 Å². The fourth-order valence-electron chi connectivity index (χ4n) is 6.82. The molecular weight excluding hydrogens is 596 g/mol. The van der Waals surface area contributed by atoms with Crippen LogP contribution in [-0.4, -0.2) is 65.5 Å². The van der Waals surface area contributed by atoms with Crippen LogP contribution in [0.15, 0.2) is 72.8 Å². The van der Waals surface area contributed by atoms with Crippen LogP contribution in [0.2, 0.25) is 5.04 Å². The van der Waals surface area contributed by atoms with Gasteiger partial charge in [-0.3, -0.25) is 0 Å². The zero-order valence-corrected chi connectivity index (χ0v) is 30.6. The van der Waals surface area contributed by atoms with Crippen molar-refractivity contribution < 1.29 is 32.9 Å². The lowest BCUT2D eigenvalue weighted by Gasteiger charge is -2.46. The Balaban J connectivity index is 1.77. The third kappa shape index (κ3) is 10.3. The molecule has 5 atom stereocenters. The normalized spacial score (nSPS) is 20.7. The predicted octanol–water partition coefficient (Wildman–Crippen LogP) is 7.02. The Morgan fingerprint density at radius 2 is 1.59 bits per heavy atom. The van der Waals surface area contributed by atoms with E-state index in [1.165, 1.54) is 16.4 Å². The number of ether oxygens (including phenoxy) is 5. The molecule has 0 aromatic heterocycles. The van der Waals surface area contributed by atoms with Crippen LogP contribution in [0, 0.1) is 11.8 Å². The van der Waals surface area contributed by atoms with E-state index in [0.29, 0.717) is 13.2 Å². The van der Waals surface area contributed by atoms with Gasteiger partial charge in [0.25, 0.3) is 8.32 Å². The Morgan fingerprint density at radius 3 is 2.11 bits per heavy atom. The molecule has 0 amide bonds. The molecule has 3 rings (SSSR count). The fraction of sp³-hybridized carbons (Fsp3) is 0.605. The molecule has 1 aliphatic heterocycles. The first-order valence-electron chi connectivity index (χ1n) is 16.9. The van der Waals surface area contributed by atoms with Gasteiger partial charge < -0.3 is 28.1 Å². The monoisotopic (exact) mass is 654 g/mol. The Labute approximate surface area is 279 Å². The number of methoxy groups -OCH3 is 1. The predicted molar refractivity (Wildman–Crippen MR) is 187 cm³/mol. The molecule has 2 aromatic rings. The van der Waals surface area contributed by atoms with Crippen LogP contribution in [0.5, 0.6) is 0 Å². The summed E-state index contributed by atoms with van der Waals surface area (Å²) < 4.78 is 36.8. The van der Waals surface area contributed by atoms with E-state index in [2.05, 4.69) is 95.3 Å². The lowest BCUT2D eigenvalue weighted by Crippen LogP contribution is -2.67. The molecule has 1 saturated heterocycles. The van der Waals surface area contributed by atoms with Crippen molar-refractivity contribution in [3.8, 4) is 0 Å². The molecule has 1 heterocycles. The first kappa shape index (κ1) is 38.1. The van der Waals surface area contributed by atoms with Gasteiger partial charge in [0.15, 0.2) is 5.79 Å². The molecule has 0 N–H and O–H groups in total. The highest BCUT2D eigenvalue weighted by molar-refractivity contribution is 6.99. The van der Waals surface area contributed by atoms with Crippen LogP contribution in [0.1, 0.15) is 81.1 Å². The topological polar surface area (TPSA) is 72.5 Å². The van der Waals surface area contributed by atoms with Crippen LogP contribution >= 0.6 is 0 Å². The largest absolute Gasteiger partial charge is 0.463 e. The molecule has 2 aromatic carbocycles. The summed E-state index contributed by atoms with van der Waals surface area (Å²) >= 11 is 0. The van der Waals surface area contributed by atoms with Gasteiger partial charge in [-0.25, -0.2) is 4.79 Å². The van der Waals surface area contributed by atoms with Crippen molar-refractivity contribution in [3.05, 3.63) is 72.8 Å². The third-order valence-corrected chi connectivity index (χ3v) is 13.9. The Bertz CT molecular complexity index is 1160. The molecule has 256 valence electrons. The fourth-order valence-corrected chi connectivity index (χ4v) is 11.4. The van der Waals surface area contributed by atoms with E-state index in [9.17, 15) is 4.79 Å². The molecule has 0 aliphatic carbocycles. The highest BCUT2D eigenvalue weighted by Gasteiger charge is 2.51. The first-order chi connectivity index (χ1) is 21.9. The summed E-state index contributed by atoms with van der Waals surface area (Å²) in [6.45, 7) is 18.0. The van der Waals surface area contributed by atoms with Gasteiger partial charge >= 0.3 is 5.97 Å². The smallest absolute Gasteiger partial charge is 0.330 e. The maximum absolute atomic E-state index is 12.0. The van der Waals surface area contributed by atoms with Gasteiger partial charge in [0.2, 0.25) is 0 Å². The van der Waals surface area contributed by atoms with Crippen molar-refractivity contribution in [2.24, 2.45) is 11.8 Å². The van der Waals surface area contributed by atoms with Gasteiger partial charge in [0.05, 0.1) is 31.5 Å². The second kappa shape index (κ2) is 17.7. The number of carbonyl (C=O) groups excluding carboxylic acids is 1. The van der Waals surface area contributed by atoms with E-state index in [4.69, 9.17) is 28.1 Å². The molecule has 1 aliphatic rings. The van der Waals surface area contributed by atoms with Gasteiger partial charge in [-0.05, 0) is 61.4 Å². The van der Waals surface area contributed by atoms with E-state index in [1.54, 1.807) is 14.0 Å². The number of carbonyl (C=O) groups is 1. The highest BCUT2D eigenvalue weighted by atomic mass is 28.4. The van der Waals surface area contributed by atoms with Gasteiger partial charge in [-0.1, -0.05) is 101 Å². The standard InChI is InChI=1S/C38H58O7Si/c1-10-30(23-25-35(39)41-11-2)36(42-28-40-9)29(3)22-24-31-26-32(45-38(7,8)44-31)27-43-46(37(4,5)6,33-18-14-12-15-19-33)34-20-16-13-17-21-34/h12-21,23,25,29-32,36H,10-11,22,24,26-28H2,1-9H3/b25-23-/t29-,30-,31-,32+,36-/m1/s1. The molecule has 1 fully saturated rings. The number of hydrogen-bond acceptors (Lipinski definition) is 7. The molecule has 0 unspecified atom stereocenters. The average molecular weight is 655 g/mol. The quantitative estimate of drug-likeness (QED) is 0.0786. The summed E-state index contributed by atoms with van der Waals surface area (Å²) in [5.74, 6) is -0.808. The second-order valence-electron chi connectivity index (χ2n) is 13.9. The minimum atomic E-state index is -2.69. The lowest BCUT2D eigenvalue weighted by molar-refractivity contribution is -0.304. The van der Waals surface area contributed by atoms with Crippen LogP contribution in [0.4, 0.5) is 0 Å². The molecule has 0 radical (unpaired) electrons. The molecule has 0 bridgehead atoms. The molecule has 46 heavy (non-hydrogen) atoms. The van der Waals surface area contributed by atoms with E-state index in [0.717, 1.165) is 25.7 Å². The Kier molecular flexibility index (Phi) is 14.7. The summed E-state index contributed by atoms with van der Waals surface area (Å²) in [6, 6.07) is 21.5. The molecule has 0 saturated carbocycles. The lowest BCUT2D eigenvalue weighted by atomic mass is 9.85. The first-order valence-corrected chi connectivity index (χ1v) is 18.8. The summed E-state index contributed by atoms with van der Waals surface area (Å²) in [5.41, 5.74) is 0. The van der Waals surface area contributed by atoms with Crippen LogP contribution in [0.3, 0.4) is 0 Å². The number of benzene rings is 2. The van der Waals surface area contributed by atoms with Gasteiger partial charge in [-0.2, -0.15) is 0 Å². The minimum absolute atomic E-state index is 0.0113. The SMILES string of the molecule is CCOC(=O)/C=C\[C@@H](CC)[C@H](OCOC)[C@H](C)CC[C@@H]1C[C@@H](CO[Si](c2ccccc2)(c2ccccc2)C(C)(C)C)OC(C)(C)O1. The Hall–Kier alpha value is -2.33. The molecule has 7 nitrogen and oxygen atoms in total. The second-order valence-corrected chi connectivity index (χ2v) is 18.2. The number of esters is 1. The van der Waals surface area contributed by atoms with Gasteiger partial charge in [0.1, 0.15) is 6.79 Å². The molecular formula is C38H58O7Si. The maximum Gasteiger partial charge on any atom is 0.330 e. The van der Waals surface area contributed by atoms with Crippen molar-refractivity contribution in [2.75, 3.05) is 27.1 Å². The zero-order chi connectivity index (χ0) is 33.8. The summed E-state index contributed by atoms with van der Waals surface area (Å²) in [4.78, 5) is 12.0. The molecule has 0 spiro atoms.